The third kappa shape index (κ3) is 4.55. The monoisotopic (exact) mass is 308 g/mol. The van der Waals surface area contributed by atoms with E-state index in [-0.39, 0.29) is 0 Å². The van der Waals surface area contributed by atoms with E-state index in [0.29, 0.717) is 42.4 Å². The summed E-state index contributed by atoms with van der Waals surface area (Å²) in [6, 6.07) is 0.628. The van der Waals surface area contributed by atoms with Gasteiger partial charge in [0.1, 0.15) is 5.78 Å². The normalized spacial score (nSPS) is 27.2. The standard InChI is InChI=1S/C18H32N2O2/c1-4-17(21)15-5-7-16(8-6-15)19-9-11-20(12-10-19)18(22)13-14(2)3/h14-16H,4-13H2,1-3H3/t15-,16+. The summed E-state index contributed by atoms with van der Waals surface area (Å²) in [4.78, 5) is 28.5. The minimum atomic E-state index is 0.312. The zero-order chi connectivity index (χ0) is 16.1. The maximum atomic E-state index is 12.1. The van der Waals surface area contributed by atoms with Crippen LogP contribution in [-0.2, 0) is 9.59 Å². The van der Waals surface area contributed by atoms with E-state index in [0.717, 1.165) is 51.9 Å². The molecule has 2 aliphatic rings. The maximum absolute atomic E-state index is 12.1. The van der Waals surface area contributed by atoms with Crippen molar-refractivity contribution in [3.8, 4) is 0 Å². The quantitative estimate of drug-likeness (QED) is 0.784. The van der Waals surface area contributed by atoms with Crippen LogP contribution in [0.15, 0.2) is 0 Å². The number of hydrogen-bond donors (Lipinski definition) is 0. The molecule has 0 bridgehead atoms. The van der Waals surface area contributed by atoms with Crippen molar-refractivity contribution in [3.63, 3.8) is 0 Å². The van der Waals surface area contributed by atoms with Crippen LogP contribution in [0.4, 0.5) is 0 Å². The van der Waals surface area contributed by atoms with Crippen molar-refractivity contribution in [2.45, 2.75) is 65.3 Å². The molecule has 4 heteroatoms. The second-order valence-electron chi connectivity index (χ2n) is 7.34. The average Bonchev–Trinajstić information content (AvgIpc) is 2.54. The molecule has 2 rings (SSSR count). The van der Waals surface area contributed by atoms with Crippen molar-refractivity contribution in [3.05, 3.63) is 0 Å². The molecular formula is C18H32N2O2. The molecule has 1 aliphatic heterocycles. The Hall–Kier alpha value is -0.900. The zero-order valence-corrected chi connectivity index (χ0v) is 14.5. The van der Waals surface area contributed by atoms with E-state index in [1.807, 2.05) is 11.8 Å². The van der Waals surface area contributed by atoms with Crippen LogP contribution in [-0.4, -0.2) is 53.7 Å². The highest BCUT2D eigenvalue weighted by Crippen LogP contribution is 2.29. The fourth-order valence-electron chi connectivity index (χ4n) is 3.87. The first-order chi connectivity index (χ1) is 10.5. The number of hydrogen-bond acceptors (Lipinski definition) is 3. The summed E-state index contributed by atoms with van der Waals surface area (Å²) in [6.07, 6.45) is 5.77. The summed E-state index contributed by atoms with van der Waals surface area (Å²) < 4.78 is 0. The molecule has 1 amide bonds. The minimum Gasteiger partial charge on any atom is -0.340 e. The number of rotatable bonds is 5. The van der Waals surface area contributed by atoms with Gasteiger partial charge in [0.05, 0.1) is 0 Å². The second-order valence-corrected chi connectivity index (χ2v) is 7.34. The van der Waals surface area contributed by atoms with Crippen LogP contribution in [0.2, 0.25) is 0 Å². The minimum absolute atomic E-state index is 0.312. The van der Waals surface area contributed by atoms with Gasteiger partial charge in [0, 0.05) is 51.0 Å². The lowest BCUT2D eigenvalue weighted by molar-refractivity contribution is -0.134. The van der Waals surface area contributed by atoms with Gasteiger partial charge in [-0.1, -0.05) is 20.8 Å². The van der Waals surface area contributed by atoms with Crippen molar-refractivity contribution in [2.75, 3.05) is 26.2 Å². The molecule has 0 aromatic carbocycles. The molecule has 126 valence electrons. The molecule has 0 N–H and O–H groups in total. The molecule has 2 fully saturated rings. The molecule has 0 radical (unpaired) electrons. The number of amides is 1. The smallest absolute Gasteiger partial charge is 0.222 e. The van der Waals surface area contributed by atoms with Gasteiger partial charge in [-0.15, -0.1) is 0 Å². The molecule has 4 nitrogen and oxygen atoms in total. The van der Waals surface area contributed by atoms with Crippen LogP contribution in [0.3, 0.4) is 0 Å². The molecule has 1 saturated carbocycles. The van der Waals surface area contributed by atoms with Crippen LogP contribution in [0.25, 0.3) is 0 Å². The Morgan fingerprint density at radius 1 is 1.00 bits per heavy atom. The Labute approximate surface area is 135 Å². The number of ketones is 1. The van der Waals surface area contributed by atoms with Crippen molar-refractivity contribution in [1.82, 2.24) is 9.80 Å². The SMILES string of the molecule is CCC(=O)[C@H]1CC[C@@H](N2CCN(C(=O)CC(C)C)CC2)CC1. The number of nitrogens with zero attached hydrogens (tertiary/aromatic N) is 2. The van der Waals surface area contributed by atoms with E-state index in [9.17, 15) is 9.59 Å². The lowest BCUT2D eigenvalue weighted by Gasteiger charge is -2.42. The first kappa shape index (κ1) is 17.5. The van der Waals surface area contributed by atoms with Crippen molar-refractivity contribution in [2.24, 2.45) is 11.8 Å². The van der Waals surface area contributed by atoms with Gasteiger partial charge in [-0.2, -0.15) is 0 Å². The Kier molecular flexibility index (Phi) is 6.42. The molecule has 22 heavy (non-hydrogen) atoms. The summed E-state index contributed by atoms with van der Waals surface area (Å²) in [6.45, 7) is 9.93. The van der Waals surface area contributed by atoms with Crippen LogP contribution in [0, 0.1) is 11.8 Å². The molecule has 1 saturated heterocycles. The van der Waals surface area contributed by atoms with Gasteiger partial charge in [-0.05, 0) is 31.6 Å². The molecule has 0 unspecified atom stereocenters. The topological polar surface area (TPSA) is 40.6 Å². The fourth-order valence-corrected chi connectivity index (χ4v) is 3.87. The van der Waals surface area contributed by atoms with E-state index < -0.39 is 0 Å². The Morgan fingerprint density at radius 2 is 1.59 bits per heavy atom. The summed E-state index contributed by atoms with van der Waals surface area (Å²) >= 11 is 0. The second kappa shape index (κ2) is 8.09. The van der Waals surface area contributed by atoms with E-state index in [2.05, 4.69) is 18.7 Å². The van der Waals surface area contributed by atoms with Gasteiger partial charge < -0.3 is 4.90 Å². The van der Waals surface area contributed by atoms with E-state index in [1.54, 1.807) is 0 Å². The molecule has 0 aromatic heterocycles. The third-order valence-electron chi connectivity index (χ3n) is 5.27. The average molecular weight is 308 g/mol. The molecule has 0 aromatic rings. The summed E-state index contributed by atoms with van der Waals surface area (Å²) in [5, 5.41) is 0. The highest BCUT2D eigenvalue weighted by molar-refractivity contribution is 5.80. The van der Waals surface area contributed by atoms with Gasteiger partial charge in [-0.3, -0.25) is 14.5 Å². The lowest BCUT2D eigenvalue weighted by atomic mass is 9.82. The molecule has 0 spiro atoms. The highest BCUT2D eigenvalue weighted by atomic mass is 16.2. The van der Waals surface area contributed by atoms with Crippen LogP contribution >= 0.6 is 0 Å². The van der Waals surface area contributed by atoms with Gasteiger partial charge in [0.25, 0.3) is 0 Å². The molecular weight excluding hydrogens is 276 g/mol. The maximum Gasteiger partial charge on any atom is 0.222 e. The lowest BCUT2D eigenvalue weighted by Crippen LogP contribution is -2.52. The van der Waals surface area contributed by atoms with E-state index in [4.69, 9.17) is 0 Å². The van der Waals surface area contributed by atoms with Crippen LogP contribution in [0.1, 0.15) is 59.3 Å². The van der Waals surface area contributed by atoms with Gasteiger partial charge >= 0.3 is 0 Å². The van der Waals surface area contributed by atoms with Crippen molar-refractivity contribution >= 4 is 11.7 Å². The van der Waals surface area contributed by atoms with Crippen LogP contribution in [0.5, 0.6) is 0 Å². The van der Waals surface area contributed by atoms with Gasteiger partial charge in [-0.25, -0.2) is 0 Å². The summed E-state index contributed by atoms with van der Waals surface area (Å²) in [5.74, 6) is 1.52. The predicted molar refractivity (Wildman–Crippen MR) is 88.7 cm³/mol. The first-order valence-electron chi connectivity index (χ1n) is 9.05. The largest absolute Gasteiger partial charge is 0.340 e. The molecule has 0 atom stereocenters. The predicted octanol–water partition coefficient (Wildman–Crippen LogP) is 2.71. The number of carbonyl (C=O) groups excluding carboxylic acids is 2. The van der Waals surface area contributed by atoms with Crippen molar-refractivity contribution in [1.29, 1.82) is 0 Å². The zero-order valence-electron chi connectivity index (χ0n) is 14.5. The summed E-state index contributed by atoms with van der Waals surface area (Å²) in [5.41, 5.74) is 0. The third-order valence-corrected chi connectivity index (χ3v) is 5.27. The Morgan fingerprint density at radius 3 is 2.09 bits per heavy atom. The van der Waals surface area contributed by atoms with Crippen molar-refractivity contribution < 1.29 is 9.59 Å². The highest BCUT2D eigenvalue weighted by Gasteiger charge is 2.31. The van der Waals surface area contributed by atoms with Crippen LogP contribution < -0.4 is 0 Å². The Balaban J connectivity index is 1.74. The van der Waals surface area contributed by atoms with E-state index in [1.165, 1.54) is 0 Å². The van der Waals surface area contributed by atoms with Gasteiger partial charge in [0.15, 0.2) is 0 Å². The molecule has 1 aliphatic carbocycles. The summed E-state index contributed by atoms with van der Waals surface area (Å²) in [7, 11) is 0. The van der Waals surface area contributed by atoms with E-state index >= 15 is 0 Å². The van der Waals surface area contributed by atoms with Gasteiger partial charge in [0.2, 0.25) is 5.91 Å². The Bertz CT molecular complexity index is 379. The number of piperazine rings is 1. The number of Topliss-reactive ketones (excluding diaryl/α,β-unsaturated/α-hetero) is 1. The number of carbonyl (C=O) groups is 2. The fraction of sp³-hybridized carbons (Fsp3) is 0.889. The first-order valence-corrected chi connectivity index (χ1v) is 9.05. The molecule has 1 heterocycles.